The summed E-state index contributed by atoms with van der Waals surface area (Å²) in [5.41, 5.74) is 2.35. The number of hydrogen-bond acceptors (Lipinski definition) is 3. The van der Waals surface area contributed by atoms with Crippen molar-refractivity contribution in [3.8, 4) is 17.6 Å². The van der Waals surface area contributed by atoms with Crippen LogP contribution >= 0.6 is 39.1 Å². The summed E-state index contributed by atoms with van der Waals surface area (Å²) in [5, 5.41) is 10.5. The highest BCUT2D eigenvalue weighted by atomic mass is 79.9. The van der Waals surface area contributed by atoms with Gasteiger partial charge >= 0.3 is 0 Å². The third kappa shape index (κ3) is 5.34. The lowest BCUT2D eigenvalue weighted by Gasteiger charge is -2.13. The third-order valence-electron chi connectivity index (χ3n) is 4.22. The molecule has 0 aliphatic heterocycles. The van der Waals surface area contributed by atoms with E-state index in [1.54, 1.807) is 42.5 Å². The second-order valence-electron chi connectivity index (χ2n) is 6.24. The number of methoxy groups -OCH3 is 1. The maximum Gasteiger partial charge on any atom is 0.162 e. The second-order valence-corrected chi connectivity index (χ2v) is 7.91. The normalized spacial score (nSPS) is 11.1. The summed E-state index contributed by atoms with van der Waals surface area (Å²) in [4.78, 5) is 0. The van der Waals surface area contributed by atoms with Gasteiger partial charge < -0.3 is 9.47 Å². The molecule has 0 saturated carbocycles. The number of nitrogens with zero attached hydrogens (tertiary/aromatic N) is 1. The average molecular weight is 507 g/mol. The van der Waals surface area contributed by atoms with Gasteiger partial charge in [-0.05, 0) is 59.2 Å². The molecule has 0 N–H and O–H groups in total. The first-order valence-electron chi connectivity index (χ1n) is 8.73. The Labute approximate surface area is 192 Å². The van der Waals surface area contributed by atoms with Gasteiger partial charge in [0.2, 0.25) is 0 Å². The number of rotatable bonds is 6. The molecule has 3 rings (SSSR count). The predicted octanol–water partition coefficient (Wildman–Crippen LogP) is 7.55. The van der Waals surface area contributed by atoms with E-state index in [9.17, 15) is 9.65 Å². The Morgan fingerprint density at radius 2 is 1.90 bits per heavy atom. The highest BCUT2D eigenvalue weighted by molar-refractivity contribution is 9.10. The van der Waals surface area contributed by atoms with Crippen LogP contribution in [-0.4, -0.2) is 7.11 Å². The van der Waals surface area contributed by atoms with E-state index in [0.29, 0.717) is 42.7 Å². The fourth-order valence-electron chi connectivity index (χ4n) is 2.72. The van der Waals surface area contributed by atoms with E-state index in [1.165, 1.54) is 19.2 Å². The molecule has 0 aliphatic rings. The molecule has 7 heteroatoms. The highest BCUT2D eigenvalue weighted by Gasteiger charge is 2.12. The van der Waals surface area contributed by atoms with Crippen LogP contribution in [0.25, 0.3) is 11.6 Å². The summed E-state index contributed by atoms with van der Waals surface area (Å²) in [6.07, 6.45) is 1.66. The summed E-state index contributed by atoms with van der Waals surface area (Å²) in [6.45, 7) is 0.265. The van der Waals surface area contributed by atoms with E-state index in [-0.39, 0.29) is 6.61 Å². The molecule has 0 aliphatic carbocycles. The number of halogens is 4. The second kappa shape index (κ2) is 9.99. The summed E-state index contributed by atoms with van der Waals surface area (Å²) in [6, 6.07) is 16.8. The van der Waals surface area contributed by atoms with Crippen LogP contribution in [0.4, 0.5) is 4.39 Å². The van der Waals surface area contributed by atoms with Gasteiger partial charge in [0.05, 0.1) is 28.8 Å². The van der Waals surface area contributed by atoms with Crippen molar-refractivity contribution in [3.63, 3.8) is 0 Å². The van der Waals surface area contributed by atoms with E-state index >= 15 is 0 Å². The number of benzene rings is 3. The van der Waals surface area contributed by atoms with Gasteiger partial charge in [0.15, 0.2) is 11.5 Å². The zero-order valence-corrected chi connectivity index (χ0v) is 18.9. The van der Waals surface area contributed by atoms with Gasteiger partial charge in [0.25, 0.3) is 0 Å². The van der Waals surface area contributed by atoms with Crippen molar-refractivity contribution >= 4 is 50.8 Å². The lowest BCUT2D eigenvalue weighted by molar-refractivity contribution is 0.284. The van der Waals surface area contributed by atoms with E-state index in [4.69, 9.17) is 32.7 Å². The van der Waals surface area contributed by atoms with Crippen LogP contribution in [0.2, 0.25) is 10.0 Å². The highest BCUT2D eigenvalue weighted by Crippen LogP contribution is 2.36. The van der Waals surface area contributed by atoms with Crippen molar-refractivity contribution in [1.82, 2.24) is 0 Å². The van der Waals surface area contributed by atoms with Crippen LogP contribution in [0.5, 0.6) is 11.5 Å². The van der Waals surface area contributed by atoms with Crippen LogP contribution in [0.1, 0.15) is 16.7 Å². The lowest BCUT2D eigenvalue weighted by Crippen LogP contribution is -1.98. The van der Waals surface area contributed by atoms with E-state index in [0.717, 1.165) is 5.56 Å². The Kier molecular flexibility index (Phi) is 7.38. The zero-order valence-electron chi connectivity index (χ0n) is 15.8. The molecule has 0 fully saturated rings. The van der Waals surface area contributed by atoms with Crippen molar-refractivity contribution < 1.29 is 13.9 Å². The molecule has 0 heterocycles. The molecule has 3 aromatic rings. The zero-order chi connectivity index (χ0) is 21.7. The quantitative estimate of drug-likeness (QED) is 0.256. The molecule has 0 amide bonds. The molecule has 0 spiro atoms. The van der Waals surface area contributed by atoms with Crippen molar-refractivity contribution in [2.75, 3.05) is 7.11 Å². The van der Waals surface area contributed by atoms with Crippen molar-refractivity contribution in [2.24, 2.45) is 0 Å². The SMILES string of the molecule is COc1cc(/C=C(/C#N)c2cccc(F)c2)c(Br)cc1OCc1ccc(Cl)c(Cl)c1. The molecule has 152 valence electrons. The maximum absolute atomic E-state index is 13.5. The minimum Gasteiger partial charge on any atom is -0.493 e. The van der Waals surface area contributed by atoms with E-state index in [2.05, 4.69) is 22.0 Å². The van der Waals surface area contributed by atoms with Crippen molar-refractivity contribution in [3.05, 3.63) is 91.6 Å². The van der Waals surface area contributed by atoms with E-state index < -0.39 is 5.82 Å². The Morgan fingerprint density at radius 1 is 1.10 bits per heavy atom. The summed E-state index contributed by atoms with van der Waals surface area (Å²) < 4.78 is 25.6. The van der Waals surface area contributed by atoms with Gasteiger partial charge in [-0.25, -0.2) is 4.39 Å². The molecule has 0 atom stereocenters. The minimum absolute atomic E-state index is 0.265. The smallest absolute Gasteiger partial charge is 0.162 e. The van der Waals surface area contributed by atoms with Crippen LogP contribution in [0.15, 0.2) is 59.1 Å². The molecular weight excluding hydrogens is 492 g/mol. The first-order chi connectivity index (χ1) is 14.4. The molecular formula is C23H15BrCl2FNO2. The maximum atomic E-state index is 13.5. The summed E-state index contributed by atoms with van der Waals surface area (Å²) in [5.74, 6) is 0.592. The fourth-order valence-corrected chi connectivity index (χ4v) is 3.47. The molecule has 0 aromatic heterocycles. The first-order valence-corrected chi connectivity index (χ1v) is 10.3. The van der Waals surface area contributed by atoms with Crippen LogP contribution in [0, 0.1) is 17.1 Å². The predicted molar refractivity (Wildman–Crippen MR) is 121 cm³/mol. The van der Waals surface area contributed by atoms with Gasteiger partial charge in [-0.1, -0.05) is 57.3 Å². The molecule has 3 aromatic carbocycles. The topological polar surface area (TPSA) is 42.2 Å². The van der Waals surface area contributed by atoms with Gasteiger partial charge in [0, 0.05) is 4.47 Å². The Hall–Kier alpha value is -2.52. The number of hydrogen-bond donors (Lipinski definition) is 0. The van der Waals surface area contributed by atoms with Crippen molar-refractivity contribution in [2.45, 2.75) is 6.61 Å². The van der Waals surface area contributed by atoms with Gasteiger partial charge in [-0.2, -0.15) is 5.26 Å². The molecule has 0 saturated heterocycles. The van der Waals surface area contributed by atoms with Crippen molar-refractivity contribution in [1.29, 1.82) is 5.26 Å². The molecule has 0 unspecified atom stereocenters. The average Bonchev–Trinajstić information content (AvgIpc) is 2.73. The molecule has 0 bridgehead atoms. The first kappa shape index (κ1) is 22.2. The largest absolute Gasteiger partial charge is 0.493 e. The fraction of sp³-hybridized carbons (Fsp3) is 0.0870. The third-order valence-corrected chi connectivity index (χ3v) is 5.64. The lowest BCUT2D eigenvalue weighted by atomic mass is 10.0. The Balaban J connectivity index is 1.89. The van der Waals surface area contributed by atoms with Crippen LogP contribution < -0.4 is 9.47 Å². The molecule has 0 radical (unpaired) electrons. The van der Waals surface area contributed by atoms with E-state index in [1.807, 2.05) is 6.07 Å². The number of allylic oxidation sites excluding steroid dienone is 1. The summed E-state index contributed by atoms with van der Waals surface area (Å²) in [7, 11) is 1.53. The molecule has 30 heavy (non-hydrogen) atoms. The monoisotopic (exact) mass is 505 g/mol. The minimum atomic E-state index is -0.406. The van der Waals surface area contributed by atoms with Gasteiger partial charge in [-0.15, -0.1) is 0 Å². The van der Waals surface area contributed by atoms with Gasteiger partial charge in [0.1, 0.15) is 12.4 Å². The Bertz CT molecular complexity index is 1160. The van der Waals surface area contributed by atoms with Crippen LogP contribution in [-0.2, 0) is 6.61 Å². The number of ether oxygens (including phenoxy) is 2. The Morgan fingerprint density at radius 3 is 2.57 bits per heavy atom. The molecule has 3 nitrogen and oxygen atoms in total. The standard InChI is InChI=1S/C23H15BrCl2FNO2/c1-29-22-10-16(8-17(12-28)15-3-2-4-18(27)9-15)19(24)11-23(22)30-13-14-5-6-20(25)21(26)7-14/h2-11H,13H2,1H3/b17-8-. The van der Waals surface area contributed by atoms with Crippen LogP contribution in [0.3, 0.4) is 0 Å². The summed E-state index contributed by atoms with van der Waals surface area (Å²) >= 11 is 15.5. The van der Waals surface area contributed by atoms with Gasteiger partial charge in [-0.3, -0.25) is 0 Å². The number of nitriles is 1.